The number of nitrogens with zero attached hydrogens (tertiary/aromatic N) is 1. The number of carbonyl (C=O) groups is 1. The number of benzene rings is 2. The van der Waals surface area contributed by atoms with Crippen molar-refractivity contribution in [1.29, 1.82) is 0 Å². The fourth-order valence-electron chi connectivity index (χ4n) is 2.36. The van der Waals surface area contributed by atoms with Crippen molar-refractivity contribution in [2.75, 3.05) is 4.90 Å². The highest BCUT2D eigenvalue weighted by molar-refractivity contribution is 7.99. The van der Waals surface area contributed by atoms with Crippen molar-refractivity contribution >= 4 is 29.2 Å². The Labute approximate surface area is 135 Å². The van der Waals surface area contributed by atoms with E-state index in [1.807, 2.05) is 50.2 Å². The maximum atomic E-state index is 12.9. The van der Waals surface area contributed by atoms with Crippen LogP contribution in [0, 0.1) is 0 Å². The van der Waals surface area contributed by atoms with Crippen molar-refractivity contribution < 1.29 is 4.79 Å². The second kappa shape index (κ2) is 5.69. The number of hydrogen-bond acceptors (Lipinski definition) is 2. The molecule has 0 radical (unpaired) electrons. The molecule has 0 bridgehead atoms. The summed E-state index contributed by atoms with van der Waals surface area (Å²) in [7, 11) is 0. The van der Waals surface area contributed by atoms with Crippen molar-refractivity contribution in [2.24, 2.45) is 0 Å². The zero-order valence-corrected chi connectivity index (χ0v) is 13.9. The fraction of sp³-hybridized carbons (Fsp3) is 0.278. The van der Waals surface area contributed by atoms with Crippen LogP contribution in [0.1, 0.15) is 27.2 Å². The lowest BCUT2D eigenvalue weighted by Gasteiger charge is -2.34. The van der Waals surface area contributed by atoms with Gasteiger partial charge < -0.3 is 5.32 Å². The molecular formula is C18H20N2OS. The molecule has 2 amide bonds. The third-order valence-corrected chi connectivity index (χ3v) is 5.09. The molecule has 3 nitrogen and oxygen atoms in total. The Bertz CT molecular complexity index is 666. The molecule has 22 heavy (non-hydrogen) atoms. The number of anilines is 2. The molecule has 0 saturated heterocycles. The van der Waals surface area contributed by atoms with Crippen molar-refractivity contribution in [3.05, 3.63) is 48.5 Å². The fourth-order valence-corrected chi connectivity index (χ4v) is 3.42. The summed E-state index contributed by atoms with van der Waals surface area (Å²) in [6.07, 6.45) is 0.880. The van der Waals surface area contributed by atoms with Gasteiger partial charge in [0, 0.05) is 15.3 Å². The summed E-state index contributed by atoms with van der Waals surface area (Å²) < 4.78 is 0. The molecule has 0 saturated carbocycles. The molecule has 1 heterocycles. The van der Waals surface area contributed by atoms with Gasteiger partial charge in [0.2, 0.25) is 0 Å². The summed E-state index contributed by atoms with van der Waals surface area (Å²) in [4.78, 5) is 16.9. The van der Waals surface area contributed by atoms with Gasteiger partial charge >= 0.3 is 6.03 Å². The van der Waals surface area contributed by atoms with E-state index < -0.39 is 0 Å². The first kappa shape index (κ1) is 15.0. The molecule has 0 fully saturated rings. The van der Waals surface area contributed by atoms with Gasteiger partial charge in [0.25, 0.3) is 0 Å². The SMILES string of the molecule is CCC(C)(C)NC(=O)N1c2ccccc2Sc2ccccc21. The number of nitrogens with one attached hydrogen (secondary N) is 1. The van der Waals surface area contributed by atoms with Gasteiger partial charge in [0.15, 0.2) is 0 Å². The molecule has 0 aromatic heterocycles. The van der Waals surface area contributed by atoms with Crippen molar-refractivity contribution in [3.8, 4) is 0 Å². The predicted molar refractivity (Wildman–Crippen MR) is 92.0 cm³/mol. The van der Waals surface area contributed by atoms with E-state index in [1.54, 1.807) is 16.7 Å². The van der Waals surface area contributed by atoms with E-state index >= 15 is 0 Å². The first-order chi connectivity index (χ1) is 10.5. The monoisotopic (exact) mass is 312 g/mol. The number of amides is 2. The van der Waals surface area contributed by atoms with E-state index in [2.05, 4.69) is 24.4 Å². The Morgan fingerprint density at radius 1 is 1.05 bits per heavy atom. The first-order valence-corrected chi connectivity index (χ1v) is 8.32. The third-order valence-electron chi connectivity index (χ3n) is 3.96. The van der Waals surface area contributed by atoms with Crippen LogP contribution in [-0.4, -0.2) is 11.6 Å². The molecule has 0 spiro atoms. The summed E-state index contributed by atoms with van der Waals surface area (Å²) in [5, 5.41) is 3.14. The molecule has 0 unspecified atom stereocenters. The lowest BCUT2D eigenvalue weighted by atomic mass is 10.0. The van der Waals surface area contributed by atoms with Crippen LogP contribution in [0.5, 0.6) is 0 Å². The molecule has 2 aromatic carbocycles. The average molecular weight is 312 g/mol. The van der Waals surface area contributed by atoms with Crippen LogP contribution < -0.4 is 10.2 Å². The zero-order valence-electron chi connectivity index (χ0n) is 13.1. The van der Waals surface area contributed by atoms with Gasteiger partial charge in [-0.1, -0.05) is 43.0 Å². The second-order valence-electron chi connectivity index (χ2n) is 6.04. The number of hydrogen-bond donors (Lipinski definition) is 1. The van der Waals surface area contributed by atoms with E-state index in [-0.39, 0.29) is 11.6 Å². The average Bonchev–Trinajstić information content (AvgIpc) is 2.52. The maximum Gasteiger partial charge on any atom is 0.326 e. The topological polar surface area (TPSA) is 32.3 Å². The normalized spacial score (nSPS) is 13.3. The quantitative estimate of drug-likeness (QED) is 0.828. The molecule has 0 aliphatic carbocycles. The van der Waals surface area contributed by atoms with Crippen molar-refractivity contribution in [3.63, 3.8) is 0 Å². The molecular weight excluding hydrogens is 292 g/mol. The molecule has 1 aliphatic rings. The van der Waals surface area contributed by atoms with Gasteiger partial charge in [-0.2, -0.15) is 0 Å². The molecule has 3 rings (SSSR count). The molecule has 2 aromatic rings. The van der Waals surface area contributed by atoms with Crippen LogP contribution in [0.3, 0.4) is 0 Å². The minimum atomic E-state index is -0.231. The van der Waals surface area contributed by atoms with Crippen LogP contribution in [0.15, 0.2) is 58.3 Å². The van der Waals surface area contributed by atoms with Gasteiger partial charge in [-0.15, -0.1) is 0 Å². The minimum Gasteiger partial charge on any atom is -0.333 e. The zero-order chi connectivity index (χ0) is 15.7. The van der Waals surface area contributed by atoms with E-state index in [4.69, 9.17) is 0 Å². The molecule has 114 valence electrons. The van der Waals surface area contributed by atoms with Gasteiger partial charge in [0.05, 0.1) is 11.4 Å². The summed E-state index contributed by atoms with van der Waals surface area (Å²) in [5.74, 6) is 0. The standard InChI is InChI=1S/C18H20N2OS/c1-4-18(2,3)19-17(21)20-13-9-5-7-11-15(13)22-16-12-8-6-10-14(16)20/h5-12H,4H2,1-3H3,(H,19,21). The molecule has 1 aliphatic heterocycles. The third kappa shape index (κ3) is 2.71. The molecule has 0 atom stereocenters. The Balaban J connectivity index is 2.05. The van der Waals surface area contributed by atoms with Gasteiger partial charge in [-0.3, -0.25) is 4.90 Å². The Morgan fingerprint density at radius 3 is 2.05 bits per heavy atom. The number of para-hydroxylation sites is 2. The summed E-state index contributed by atoms with van der Waals surface area (Å²) in [6, 6.07) is 16.0. The lowest BCUT2D eigenvalue weighted by molar-refractivity contribution is 0.236. The van der Waals surface area contributed by atoms with Crippen LogP contribution in [0.2, 0.25) is 0 Å². The highest BCUT2D eigenvalue weighted by Gasteiger charge is 2.30. The maximum absolute atomic E-state index is 12.9. The van der Waals surface area contributed by atoms with E-state index in [0.29, 0.717) is 0 Å². The Hall–Kier alpha value is -1.94. The Morgan fingerprint density at radius 2 is 1.55 bits per heavy atom. The van der Waals surface area contributed by atoms with Crippen LogP contribution >= 0.6 is 11.8 Å². The largest absolute Gasteiger partial charge is 0.333 e. The lowest BCUT2D eigenvalue weighted by Crippen LogP contribution is -2.49. The van der Waals surface area contributed by atoms with Gasteiger partial charge in [0.1, 0.15) is 0 Å². The smallest absolute Gasteiger partial charge is 0.326 e. The minimum absolute atomic E-state index is 0.0768. The van der Waals surface area contributed by atoms with Gasteiger partial charge in [-0.25, -0.2) is 4.79 Å². The van der Waals surface area contributed by atoms with E-state index in [1.165, 1.54) is 0 Å². The second-order valence-corrected chi connectivity index (χ2v) is 7.12. The van der Waals surface area contributed by atoms with Crippen LogP contribution in [0.25, 0.3) is 0 Å². The summed E-state index contributed by atoms with van der Waals surface area (Å²) in [6.45, 7) is 6.16. The van der Waals surface area contributed by atoms with Gasteiger partial charge in [-0.05, 0) is 44.5 Å². The van der Waals surface area contributed by atoms with Crippen LogP contribution in [-0.2, 0) is 0 Å². The summed E-state index contributed by atoms with van der Waals surface area (Å²) >= 11 is 1.71. The number of fused-ring (bicyclic) bond motifs is 2. The van der Waals surface area contributed by atoms with E-state index in [9.17, 15) is 4.79 Å². The highest BCUT2D eigenvalue weighted by Crippen LogP contribution is 2.47. The van der Waals surface area contributed by atoms with Crippen LogP contribution in [0.4, 0.5) is 16.2 Å². The number of carbonyl (C=O) groups excluding carboxylic acids is 1. The number of rotatable bonds is 2. The number of urea groups is 1. The highest BCUT2D eigenvalue weighted by atomic mass is 32.2. The van der Waals surface area contributed by atoms with Crippen molar-refractivity contribution in [2.45, 2.75) is 42.5 Å². The van der Waals surface area contributed by atoms with Crippen molar-refractivity contribution in [1.82, 2.24) is 5.32 Å². The Kier molecular flexibility index (Phi) is 3.87. The summed E-state index contributed by atoms with van der Waals surface area (Å²) in [5.41, 5.74) is 1.65. The molecule has 4 heteroatoms. The predicted octanol–water partition coefficient (Wildman–Crippen LogP) is 5.19. The molecule has 1 N–H and O–H groups in total. The van der Waals surface area contributed by atoms with E-state index in [0.717, 1.165) is 27.6 Å². The first-order valence-electron chi connectivity index (χ1n) is 7.50.